The topological polar surface area (TPSA) is 49.3 Å². The lowest BCUT2D eigenvalue weighted by Gasteiger charge is -2.23. The van der Waals surface area contributed by atoms with Crippen LogP contribution in [0.5, 0.6) is 0 Å². The fraction of sp³-hybridized carbons (Fsp3) is 0.533. The maximum Gasteiger partial charge on any atom is 0.224 e. The molecule has 5 nitrogen and oxygen atoms in total. The molecule has 1 amide bonds. The summed E-state index contributed by atoms with van der Waals surface area (Å²) in [4.78, 5) is 16.4. The molecule has 1 aliphatic heterocycles. The second kappa shape index (κ2) is 6.07. The summed E-state index contributed by atoms with van der Waals surface area (Å²) in [5.74, 6) is 0.213. The van der Waals surface area contributed by atoms with Crippen LogP contribution < -0.4 is 0 Å². The predicted octanol–water partition coefficient (Wildman–Crippen LogP) is 2.13. The minimum absolute atomic E-state index is 0.213. The molecule has 2 heterocycles. The van der Waals surface area contributed by atoms with Crippen LogP contribution in [0.4, 0.5) is 0 Å². The number of hydrogen-bond donors (Lipinski definition) is 0. The Morgan fingerprint density at radius 1 is 1.43 bits per heavy atom. The van der Waals surface area contributed by atoms with Gasteiger partial charge in [0, 0.05) is 26.1 Å². The molecule has 1 atom stereocenters. The quantitative estimate of drug-likeness (QED) is 0.868. The molecule has 0 radical (unpaired) electrons. The van der Waals surface area contributed by atoms with Gasteiger partial charge in [0.25, 0.3) is 0 Å². The van der Waals surface area contributed by atoms with Crippen LogP contribution in [0.3, 0.4) is 0 Å². The molecule has 1 saturated heterocycles. The predicted molar refractivity (Wildman–Crippen MR) is 84.2 cm³/mol. The number of likely N-dealkylation sites (tertiary alicyclic amines) is 1. The van der Waals surface area contributed by atoms with Gasteiger partial charge in [0.15, 0.2) is 0 Å². The van der Waals surface area contributed by atoms with Crippen molar-refractivity contribution in [1.29, 1.82) is 0 Å². The summed E-state index contributed by atoms with van der Waals surface area (Å²) >= 11 is 1.22. The maximum absolute atomic E-state index is 12.3. The zero-order valence-electron chi connectivity index (χ0n) is 12.5. The lowest BCUT2D eigenvalue weighted by molar-refractivity contribution is -0.131. The van der Waals surface area contributed by atoms with E-state index in [0.29, 0.717) is 19.0 Å². The molecule has 112 valence electrons. The second-order valence-corrected chi connectivity index (χ2v) is 6.35. The Bertz CT molecular complexity index is 641. The van der Waals surface area contributed by atoms with Gasteiger partial charge >= 0.3 is 0 Å². The molecule has 0 spiro atoms. The third-order valence-electron chi connectivity index (χ3n) is 4.25. The van der Waals surface area contributed by atoms with E-state index in [-0.39, 0.29) is 5.91 Å². The lowest BCUT2D eigenvalue weighted by Crippen LogP contribution is -2.34. The van der Waals surface area contributed by atoms with Gasteiger partial charge in [-0.1, -0.05) is 6.07 Å². The number of carbonyl (C=O) groups is 1. The number of nitrogens with zero attached hydrogens (tertiary/aromatic N) is 4. The van der Waals surface area contributed by atoms with E-state index in [1.807, 2.05) is 30.1 Å². The van der Waals surface area contributed by atoms with Gasteiger partial charge < -0.3 is 9.80 Å². The first-order valence-electron chi connectivity index (χ1n) is 7.29. The monoisotopic (exact) mass is 304 g/mol. The molecule has 0 aliphatic carbocycles. The van der Waals surface area contributed by atoms with Crippen molar-refractivity contribution in [1.82, 2.24) is 18.5 Å². The standard InChI is InChI=1S/C15H20N4OS/c1-18-7-3-4-12(18)9-15(20)19(2)10-11-5-6-13-14(8-11)17-21-16-13/h5-6,8,12H,3-4,7,9-10H2,1-2H3/t12-/m1/s1. The third kappa shape index (κ3) is 3.22. The average Bonchev–Trinajstić information content (AvgIpc) is 3.07. The van der Waals surface area contributed by atoms with Gasteiger partial charge in [0.2, 0.25) is 5.91 Å². The SMILES string of the molecule is CN(Cc1ccc2nsnc2c1)C(=O)C[C@H]1CCCN1C. The van der Waals surface area contributed by atoms with Crippen LogP contribution in [0.15, 0.2) is 18.2 Å². The van der Waals surface area contributed by atoms with Gasteiger partial charge in [-0.25, -0.2) is 0 Å². The normalized spacial score (nSPS) is 19.2. The second-order valence-electron chi connectivity index (χ2n) is 5.82. The molecule has 21 heavy (non-hydrogen) atoms. The first-order valence-corrected chi connectivity index (χ1v) is 8.02. The summed E-state index contributed by atoms with van der Waals surface area (Å²) < 4.78 is 8.44. The average molecular weight is 304 g/mol. The van der Waals surface area contributed by atoms with Crippen LogP contribution in [0.2, 0.25) is 0 Å². The minimum Gasteiger partial charge on any atom is -0.341 e. The van der Waals surface area contributed by atoms with Crippen molar-refractivity contribution in [3.05, 3.63) is 23.8 Å². The van der Waals surface area contributed by atoms with Crippen LogP contribution in [-0.2, 0) is 11.3 Å². The first-order chi connectivity index (χ1) is 10.1. The van der Waals surface area contributed by atoms with Gasteiger partial charge in [0.05, 0.1) is 11.7 Å². The molecule has 0 N–H and O–H groups in total. The summed E-state index contributed by atoms with van der Waals surface area (Å²) in [5.41, 5.74) is 2.94. The minimum atomic E-state index is 0.213. The van der Waals surface area contributed by atoms with Gasteiger partial charge in [-0.15, -0.1) is 0 Å². The largest absolute Gasteiger partial charge is 0.341 e. The van der Waals surface area contributed by atoms with Crippen LogP contribution in [-0.4, -0.2) is 51.1 Å². The highest BCUT2D eigenvalue weighted by Crippen LogP contribution is 2.19. The Kier molecular flexibility index (Phi) is 4.17. The van der Waals surface area contributed by atoms with E-state index in [2.05, 4.69) is 20.7 Å². The molecular weight excluding hydrogens is 284 g/mol. The molecule has 1 aromatic carbocycles. The maximum atomic E-state index is 12.3. The Hall–Kier alpha value is -1.53. The number of benzene rings is 1. The van der Waals surface area contributed by atoms with E-state index in [0.717, 1.165) is 29.6 Å². The van der Waals surface area contributed by atoms with E-state index in [1.54, 1.807) is 0 Å². The van der Waals surface area contributed by atoms with Crippen LogP contribution in [0.25, 0.3) is 11.0 Å². The first kappa shape index (κ1) is 14.4. The summed E-state index contributed by atoms with van der Waals surface area (Å²) in [7, 11) is 3.98. The Morgan fingerprint density at radius 2 is 2.24 bits per heavy atom. The van der Waals surface area contributed by atoms with Crippen LogP contribution >= 0.6 is 11.7 Å². The summed E-state index contributed by atoms with van der Waals surface area (Å²) in [6.45, 7) is 1.73. The molecule has 0 saturated carbocycles. The van der Waals surface area contributed by atoms with Crippen LogP contribution in [0.1, 0.15) is 24.8 Å². The molecule has 3 rings (SSSR count). The van der Waals surface area contributed by atoms with Crippen molar-refractivity contribution in [3.8, 4) is 0 Å². The number of aromatic nitrogens is 2. The smallest absolute Gasteiger partial charge is 0.224 e. The number of amides is 1. The summed E-state index contributed by atoms with van der Waals surface area (Å²) in [6.07, 6.45) is 2.95. The fourth-order valence-corrected chi connectivity index (χ4v) is 3.40. The van der Waals surface area contributed by atoms with Crippen molar-refractivity contribution < 1.29 is 4.79 Å². The number of carbonyl (C=O) groups excluding carboxylic acids is 1. The molecule has 1 aliphatic rings. The van der Waals surface area contributed by atoms with E-state index in [4.69, 9.17) is 0 Å². The Morgan fingerprint density at radius 3 is 3.00 bits per heavy atom. The molecule has 1 fully saturated rings. The van der Waals surface area contributed by atoms with E-state index in [9.17, 15) is 4.79 Å². The molecule has 0 unspecified atom stereocenters. The third-order valence-corrected chi connectivity index (χ3v) is 4.80. The molecule has 6 heteroatoms. The molecule has 1 aromatic heterocycles. The van der Waals surface area contributed by atoms with E-state index in [1.165, 1.54) is 18.1 Å². The van der Waals surface area contributed by atoms with Crippen molar-refractivity contribution in [2.45, 2.75) is 31.8 Å². The highest BCUT2D eigenvalue weighted by Gasteiger charge is 2.24. The number of hydrogen-bond acceptors (Lipinski definition) is 5. The highest BCUT2D eigenvalue weighted by atomic mass is 32.1. The van der Waals surface area contributed by atoms with E-state index >= 15 is 0 Å². The molecular formula is C15H20N4OS. The Labute approximate surface area is 128 Å². The highest BCUT2D eigenvalue weighted by molar-refractivity contribution is 7.00. The zero-order valence-corrected chi connectivity index (χ0v) is 13.3. The van der Waals surface area contributed by atoms with E-state index < -0.39 is 0 Å². The van der Waals surface area contributed by atoms with Crippen molar-refractivity contribution in [3.63, 3.8) is 0 Å². The van der Waals surface area contributed by atoms with Gasteiger partial charge in [-0.2, -0.15) is 8.75 Å². The fourth-order valence-electron chi connectivity index (χ4n) is 2.88. The van der Waals surface area contributed by atoms with Gasteiger partial charge in [0.1, 0.15) is 11.0 Å². The van der Waals surface area contributed by atoms with Gasteiger partial charge in [-0.05, 0) is 44.1 Å². The number of fused-ring (bicyclic) bond motifs is 1. The lowest BCUT2D eigenvalue weighted by atomic mass is 10.1. The summed E-state index contributed by atoms with van der Waals surface area (Å²) in [5, 5.41) is 0. The number of rotatable bonds is 4. The molecule has 0 bridgehead atoms. The zero-order chi connectivity index (χ0) is 14.8. The van der Waals surface area contributed by atoms with Crippen molar-refractivity contribution >= 4 is 28.7 Å². The van der Waals surface area contributed by atoms with Crippen molar-refractivity contribution in [2.75, 3.05) is 20.6 Å². The van der Waals surface area contributed by atoms with Crippen molar-refractivity contribution in [2.24, 2.45) is 0 Å². The Balaban J connectivity index is 1.61. The van der Waals surface area contributed by atoms with Crippen LogP contribution in [0, 0.1) is 0 Å². The van der Waals surface area contributed by atoms with Gasteiger partial charge in [-0.3, -0.25) is 4.79 Å². The summed E-state index contributed by atoms with van der Waals surface area (Å²) in [6, 6.07) is 6.42. The molecule has 2 aromatic rings.